The van der Waals surface area contributed by atoms with Crippen LogP contribution in [0.15, 0.2) is 11.8 Å². The molecule has 2 aliphatic heterocycles. The fourth-order valence-electron chi connectivity index (χ4n) is 1.46. The molecule has 54 valence electrons. The topological polar surface area (TPSA) is 41.1 Å². The van der Waals surface area contributed by atoms with E-state index in [0.29, 0.717) is 12.5 Å². The Morgan fingerprint density at radius 3 is 3.40 bits per heavy atom. The highest BCUT2D eigenvalue weighted by Crippen LogP contribution is 2.14. The van der Waals surface area contributed by atoms with Crippen LogP contribution in [-0.2, 0) is 4.79 Å². The molecule has 0 aromatic carbocycles. The Kier molecular flexibility index (Phi) is 1.16. The second-order valence-corrected chi connectivity index (χ2v) is 2.70. The van der Waals surface area contributed by atoms with Crippen LogP contribution in [0.2, 0.25) is 0 Å². The summed E-state index contributed by atoms with van der Waals surface area (Å²) in [6.07, 6.45) is 3.56. The third-order valence-electron chi connectivity index (χ3n) is 1.98. The van der Waals surface area contributed by atoms with E-state index in [-0.39, 0.29) is 5.91 Å². The van der Waals surface area contributed by atoms with E-state index in [1.165, 1.54) is 5.70 Å². The van der Waals surface area contributed by atoms with E-state index >= 15 is 0 Å². The van der Waals surface area contributed by atoms with Gasteiger partial charge < -0.3 is 10.6 Å². The SMILES string of the molecule is O=C1CC=C2NCCC2N1. The van der Waals surface area contributed by atoms with Gasteiger partial charge in [-0.05, 0) is 6.42 Å². The van der Waals surface area contributed by atoms with Gasteiger partial charge in [0.2, 0.25) is 5.91 Å². The van der Waals surface area contributed by atoms with Crippen molar-refractivity contribution in [3.8, 4) is 0 Å². The molecule has 1 atom stereocenters. The van der Waals surface area contributed by atoms with Gasteiger partial charge in [0.1, 0.15) is 0 Å². The normalized spacial score (nSPS) is 30.2. The van der Waals surface area contributed by atoms with Crippen LogP contribution >= 0.6 is 0 Å². The lowest BCUT2D eigenvalue weighted by Gasteiger charge is -2.17. The molecule has 1 fully saturated rings. The second kappa shape index (κ2) is 2.01. The molecular weight excluding hydrogens is 128 g/mol. The minimum absolute atomic E-state index is 0.150. The number of carbonyl (C=O) groups is 1. The van der Waals surface area contributed by atoms with Crippen molar-refractivity contribution in [2.24, 2.45) is 0 Å². The highest BCUT2D eigenvalue weighted by atomic mass is 16.1. The first kappa shape index (κ1) is 5.77. The summed E-state index contributed by atoms with van der Waals surface area (Å²) in [5, 5.41) is 6.13. The predicted molar refractivity (Wildman–Crippen MR) is 37.3 cm³/mol. The van der Waals surface area contributed by atoms with Gasteiger partial charge in [0, 0.05) is 18.7 Å². The molecule has 1 unspecified atom stereocenters. The van der Waals surface area contributed by atoms with Crippen molar-refractivity contribution in [3.05, 3.63) is 11.8 Å². The maximum Gasteiger partial charge on any atom is 0.224 e. The van der Waals surface area contributed by atoms with E-state index in [1.807, 2.05) is 6.08 Å². The van der Waals surface area contributed by atoms with Crippen molar-refractivity contribution in [1.29, 1.82) is 0 Å². The number of hydrogen-bond donors (Lipinski definition) is 2. The van der Waals surface area contributed by atoms with Crippen LogP contribution < -0.4 is 10.6 Å². The van der Waals surface area contributed by atoms with E-state index in [0.717, 1.165) is 13.0 Å². The van der Waals surface area contributed by atoms with Gasteiger partial charge in [0.15, 0.2) is 0 Å². The van der Waals surface area contributed by atoms with E-state index in [1.54, 1.807) is 0 Å². The third-order valence-corrected chi connectivity index (χ3v) is 1.98. The Labute approximate surface area is 59.5 Å². The highest BCUT2D eigenvalue weighted by molar-refractivity contribution is 5.79. The molecular formula is C7H10N2O. The van der Waals surface area contributed by atoms with Crippen LogP contribution in [0.25, 0.3) is 0 Å². The summed E-state index contributed by atoms with van der Waals surface area (Å²) in [4.78, 5) is 10.8. The average Bonchev–Trinajstić information content (AvgIpc) is 2.33. The fraction of sp³-hybridized carbons (Fsp3) is 0.571. The van der Waals surface area contributed by atoms with E-state index < -0.39 is 0 Å². The van der Waals surface area contributed by atoms with E-state index in [9.17, 15) is 4.79 Å². The van der Waals surface area contributed by atoms with Crippen molar-refractivity contribution in [2.45, 2.75) is 18.9 Å². The standard InChI is InChI=1S/C7H10N2O/c10-7-2-1-5-6(9-7)3-4-8-5/h1,6,8H,2-4H2,(H,9,10). The van der Waals surface area contributed by atoms with Crippen LogP contribution in [0.3, 0.4) is 0 Å². The fourth-order valence-corrected chi connectivity index (χ4v) is 1.46. The lowest BCUT2D eigenvalue weighted by molar-refractivity contribution is -0.121. The number of fused-ring (bicyclic) bond motifs is 1. The first-order valence-corrected chi connectivity index (χ1v) is 3.59. The molecule has 0 saturated carbocycles. The molecule has 0 aliphatic carbocycles. The zero-order valence-corrected chi connectivity index (χ0v) is 5.68. The summed E-state index contributed by atoms with van der Waals surface area (Å²) in [6.45, 7) is 0.997. The Morgan fingerprint density at radius 1 is 1.60 bits per heavy atom. The number of hydrogen-bond acceptors (Lipinski definition) is 2. The summed E-state index contributed by atoms with van der Waals surface area (Å²) < 4.78 is 0. The van der Waals surface area contributed by atoms with Crippen LogP contribution in [0.5, 0.6) is 0 Å². The van der Waals surface area contributed by atoms with Crippen molar-refractivity contribution in [1.82, 2.24) is 10.6 Å². The Hall–Kier alpha value is -0.990. The van der Waals surface area contributed by atoms with Gasteiger partial charge in [-0.3, -0.25) is 4.79 Å². The summed E-state index contributed by atoms with van der Waals surface area (Å²) >= 11 is 0. The van der Waals surface area contributed by atoms with Crippen LogP contribution in [0.1, 0.15) is 12.8 Å². The molecule has 0 spiro atoms. The molecule has 2 aliphatic rings. The smallest absolute Gasteiger partial charge is 0.224 e. The molecule has 0 aromatic heterocycles. The summed E-state index contributed by atoms with van der Waals surface area (Å²) in [5.41, 5.74) is 1.21. The van der Waals surface area contributed by atoms with E-state index in [2.05, 4.69) is 10.6 Å². The van der Waals surface area contributed by atoms with E-state index in [4.69, 9.17) is 0 Å². The number of amides is 1. The summed E-state index contributed by atoms with van der Waals surface area (Å²) in [5.74, 6) is 0.150. The molecule has 2 heterocycles. The summed E-state index contributed by atoms with van der Waals surface area (Å²) in [7, 11) is 0. The average molecular weight is 138 g/mol. The molecule has 3 nitrogen and oxygen atoms in total. The van der Waals surface area contributed by atoms with Gasteiger partial charge in [-0.15, -0.1) is 0 Å². The van der Waals surface area contributed by atoms with Gasteiger partial charge in [0.25, 0.3) is 0 Å². The lowest BCUT2D eigenvalue weighted by Crippen LogP contribution is -2.37. The van der Waals surface area contributed by atoms with Crippen LogP contribution in [0.4, 0.5) is 0 Å². The molecule has 10 heavy (non-hydrogen) atoms. The maximum absolute atomic E-state index is 10.8. The molecule has 1 amide bonds. The molecule has 0 aromatic rings. The highest BCUT2D eigenvalue weighted by Gasteiger charge is 2.24. The summed E-state index contributed by atoms with van der Waals surface area (Å²) in [6, 6.07) is 0.293. The number of nitrogens with one attached hydrogen (secondary N) is 2. The Balaban J connectivity index is 2.20. The van der Waals surface area contributed by atoms with Crippen molar-refractivity contribution in [2.75, 3.05) is 6.54 Å². The van der Waals surface area contributed by atoms with Crippen molar-refractivity contribution in [3.63, 3.8) is 0 Å². The van der Waals surface area contributed by atoms with Gasteiger partial charge >= 0.3 is 0 Å². The number of rotatable bonds is 0. The quantitative estimate of drug-likeness (QED) is 0.484. The minimum Gasteiger partial charge on any atom is -0.387 e. The monoisotopic (exact) mass is 138 g/mol. The molecule has 0 bridgehead atoms. The van der Waals surface area contributed by atoms with Crippen molar-refractivity contribution < 1.29 is 4.79 Å². The maximum atomic E-state index is 10.8. The van der Waals surface area contributed by atoms with Gasteiger partial charge in [-0.2, -0.15) is 0 Å². The number of carbonyl (C=O) groups excluding carboxylic acids is 1. The molecule has 3 heteroatoms. The zero-order valence-electron chi connectivity index (χ0n) is 5.68. The van der Waals surface area contributed by atoms with Crippen molar-refractivity contribution >= 4 is 5.91 Å². The van der Waals surface area contributed by atoms with Gasteiger partial charge in [-0.25, -0.2) is 0 Å². The Morgan fingerprint density at radius 2 is 2.50 bits per heavy atom. The van der Waals surface area contributed by atoms with Gasteiger partial charge in [-0.1, -0.05) is 6.08 Å². The molecule has 2 N–H and O–H groups in total. The van der Waals surface area contributed by atoms with Crippen LogP contribution in [-0.4, -0.2) is 18.5 Å². The largest absolute Gasteiger partial charge is 0.387 e. The first-order chi connectivity index (χ1) is 4.86. The predicted octanol–water partition coefficient (Wildman–Crippen LogP) is -0.248. The molecule has 0 radical (unpaired) electrons. The molecule has 1 saturated heterocycles. The lowest BCUT2D eigenvalue weighted by atomic mass is 10.1. The third kappa shape index (κ3) is 0.781. The minimum atomic E-state index is 0.150. The first-order valence-electron chi connectivity index (χ1n) is 3.59. The van der Waals surface area contributed by atoms with Crippen LogP contribution in [0, 0.1) is 0 Å². The zero-order chi connectivity index (χ0) is 6.97. The molecule has 2 rings (SSSR count). The Bertz CT molecular complexity index is 198. The second-order valence-electron chi connectivity index (χ2n) is 2.70. The van der Waals surface area contributed by atoms with Gasteiger partial charge in [0.05, 0.1) is 6.04 Å².